The smallest absolute Gasteiger partial charge is 0.255 e. The molecule has 1 aromatic carbocycles. The van der Waals surface area contributed by atoms with Crippen LogP contribution in [-0.4, -0.2) is 57.0 Å². The zero-order valence-corrected chi connectivity index (χ0v) is 18.9. The number of carbonyl (C=O) groups is 1. The quantitative estimate of drug-likeness (QED) is 0.625. The maximum atomic E-state index is 13.0. The Morgan fingerprint density at radius 1 is 1.10 bits per heavy atom. The van der Waals surface area contributed by atoms with Crippen LogP contribution in [-0.2, 0) is 14.8 Å². The van der Waals surface area contributed by atoms with Crippen LogP contribution in [0.5, 0.6) is 5.88 Å². The third-order valence-corrected chi connectivity index (χ3v) is 6.97. The van der Waals surface area contributed by atoms with Gasteiger partial charge in [-0.3, -0.25) is 4.79 Å². The van der Waals surface area contributed by atoms with E-state index in [1.54, 1.807) is 23.5 Å². The lowest BCUT2D eigenvalue weighted by molar-refractivity contribution is 0.102. The molecule has 1 aromatic heterocycles. The molecule has 1 amide bonds. The van der Waals surface area contributed by atoms with Crippen LogP contribution in [0.25, 0.3) is 0 Å². The second-order valence-electron chi connectivity index (χ2n) is 7.97. The van der Waals surface area contributed by atoms with Gasteiger partial charge < -0.3 is 14.8 Å². The number of methoxy groups -OCH3 is 1. The summed E-state index contributed by atoms with van der Waals surface area (Å²) in [6, 6.07) is 9.35. The van der Waals surface area contributed by atoms with Crippen molar-refractivity contribution in [3.63, 3.8) is 0 Å². The summed E-state index contributed by atoms with van der Waals surface area (Å²) in [7, 11) is -1.99. The number of aromatic nitrogens is 1. The molecule has 0 spiro atoms. The van der Waals surface area contributed by atoms with Gasteiger partial charge in [0.05, 0.1) is 23.4 Å². The second-order valence-corrected chi connectivity index (χ2v) is 9.91. The number of sulfonamides is 1. The molecule has 31 heavy (non-hydrogen) atoms. The molecule has 168 valence electrons. The predicted octanol–water partition coefficient (Wildman–Crippen LogP) is 3.03. The Hall–Kier alpha value is -2.49. The first-order valence-electron chi connectivity index (χ1n) is 10.3. The maximum absolute atomic E-state index is 13.0. The molecular weight excluding hydrogens is 418 g/mol. The fourth-order valence-electron chi connectivity index (χ4n) is 3.70. The number of rotatable bonds is 8. The van der Waals surface area contributed by atoms with Crippen molar-refractivity contribution in [1.29, 1.82) is 0 Å². The zero-order chi connectivity index (χ0) is 22.4. The fourth-order valence-corrected chi connectivity index (χ4v) is 5.38. The van der Waals surface area contributed by atoms with Crippen LogP contribution in [0.1, 0.15) is 30.6 Å². The summed E-state index contributed by atoms with van der Waals surface area (Å²) in [6.07, 6.45) is 2.53. The third kappa shape index (κ3) is 6.03. The normalized spacial score (nSPS) is 19.7. The number of nitrogens with zero attached hydrogens (tertiary/aromatic N) is 2. The molecule has 1 fully saturated rings. The van der Waals surface area contributed by atoms with Gasteiger partial charge >= 0.3 is 0 Å². The monoisotopic (exact) mass is 447 g/mol. The van der Waals surface area contributed by atoms with Gasteiger partial charge in [-0.1, -0.05) is 13.8 Å². The van der Waals surface area contributed by atoms with Crippen molar-refractivity contribution in [2.45, 2.75) is 25.2 Å². The Labute approximate surface area is 183 Å². The molecular formula is C22H29N3O5S. The summed E-state index contributed by atoms with van der Waals surface area (Å²) in [4.78, 5) is 16.8. The summed E-state index contributed by atoms with van der Waals surface area (Å²) < 4.78 is 37.8. The van der Waals surface area contributed by atoms with Gasteiger partial charge in [-0.25, -0.2) is 13.4 Å². The minimum Gasteiger partial charge on any atom is -0.475 e. The van der Waals surface area contributed by atoms with Gasteiger partial charge in [-0.05, 0) is 48.6 Å². The highest BCUT2D eigenvalue weighted by Gasteiger charge is 2.31. The first-order valence-corrected chi connectivity index (χ1v) is 11.7. The Morgan fingerprint density at radius 2 is 1.77 bits per heavy atom. The van der Waals surface area contributed by atoms with Gasteiger partial charge in [0.1, 0.15) is 6.61 Å². The first kappa shape index (κ1) is 23.2. The number of benzene rings is 1. The zero-order valence-electron chi connectivity index (χ0n) is 18.1. The van der Waals surface area contributed by atoms with Gasteiger partial charge in [-0.15, -0.1) is 0 Å². The molecule has 0 saturated carbocycles. The molecule has 8 nitrogen and oxygen atoms in total. The lowest BCUT2D eigenvalue weighted by atomic mass is 9.94. The van der Waals surface area contributed by atoms with E-state index in [-0.39, 0.29) is 10.8 Å². The van der Waals surface area contributed by atoms with Crippen molar-refractivity contribution in [2.24, 2.45) is 11.8 Å². The average molecular weight is 448 g/mol. The molecule has 1 N–H and O–H groups in total. The highest BCUT2D eigenvalue weighted by atomic mass is 32.2. The highest BCUT2D eigenvalue weighted by molar-refractivity contribution is 7.89. The van der Waals surface area contributed by atoms with Crippen LogP contribution in [0, 0.1) is 11.8 Å². The topological polar surface area (TPSA) is 97.8 Å². The van der Waals surface area contributed by atoms with E-state index in [0.29, 0.717) is 55.3 Å². The van der Waals surface area contributed by atoms with E-state index in [4.69, 9.17) is 9.47 Å². The summed E-state index contributed by atoms with van der Waals surface area (Å²) in [5, 5.41) is 2.74. The predicted molar refractivity (Wildman–Crippen MR) is 118 cm³/mol. The van der Waals surface area contributed by atoms with Crippen LogP contribution < -0.4 is 10.1 Å². The molecule has 2 heterocycles. The van der Waals surface area contributed by atoms with Gasteiger partial charge in [0.25, 0.3) is 5.91 Å². The molecule has 1 aliphatic heterocycles. The summed E-state index contributed by atoms with van der Waals surface area (Å²) in [5.74, 6) is 0.743. The molecule has 2 aromatic rings. The molecule has 0 radical (unpaired) electrons. The summed E-state index contributed by atoms with van der Waals surface area (Å²) in [5.41, 5.74) is 0.872. The van der Waals surface area contributed by atoms with Gasteiger partial charge in [0.2, 0.25) is 15.9 Å². The van der Waals surface area contributed by atoms with Crippen molar-refractivity contribution in [2.75, 3.05) is 38.7 Å². The Bertz CT molecular complexity index is 967. The average Bonchev–Trinajstić information content (AvgIpc) is 2.74. The van der Waals surface area contributed by atoms with E-state index in [0.717, 1.165) is 6.42 Å². The molecule has 0 aliphatic carbocycles. The van der Waals surface area contributed by atoms with E-state index in [2.05, 4.69) is 24.1 Å². The number of hydrogen-bond acceptors (Lipinski definition) is 6. The molecule has 2 unspecified atom stereocenters. The van der Waals surface area contributed by atoms with Crippen LogP contribution in [0.4, 0.5) is 5.69 Å². The lowest BCUT2D eigenvalue weighted by Gasteiger charge is -2.34. The number of hydrogen-bond donors (Lipinski definition) is 1. The Balaban J connectivity index is 1.63. The minimum absolute atomic E-state index is 0.199. The molecule has 1 aliphatic rings. The fraction of sp³-hybridized carbons (Fsp3) is 0.455. The van der Waals surface area contributed by atoms with Crippen LogP contribution in [0.2, 0.25) is 0 Å². The first-order chi connectivity index (χ1) is 14.8. The maximum Gasteiger partial charge on any atom is 0.255 e. The van der Waals surface area contributed by atoms with Crippen LogP contribution >= 0.6 is 0 Å². The molecule has 2 atom stereocenters. The van der Waals surface area contributed by atoms with Crippen LogP contribution in [0.15, 0.2) is 47.5 Å². The van der Waals surface area contributed by atoms with E-state index >= 15 is 0 Å². The number of amides is 1. The van der Waals surface area contributed by atoms with E-state index < -0.39 is 10.0 Å². The van der Waals surface area contributed by atoms with Crippen molar-refractivity contribution < 1.29 is 22.7 Å². The highest BCUT2D eigenvalue weighted by Crippen LogP contribution is 2.27. The SMILES string of the molecule is COCCOc1ccc(NC(=O)c2ccc(S(=O)(=O)N3CC(C)CC(C)C3)cc2)cn1. The van der Waals surface area contributed by atoms with E-state index in [9.17, 15) is 13.2 Å². The minimum atomic E-state index is -3.57. The third-order valence-electron chi connectivity index (χ3n) is 5.12. The van der Waals surface area contributed by atoms with Crippen LogP contribution in [0.3, 0.4) is 0 Å². The number of ether oxygens (including phenoxy) is 2. The summed E-state index contributed by atoms with van der Waals surface area (Å²) in [6.45, 7) is 6.03. The van der Waals surface area contributed by atoms with Crippen molar-refractivity contribution in [3.8, 4) is 5.88 Å². The number of nitrogens with one attached hydrogen (secondary N) is 1. The van der Waals surface area contributed by atoms with Gasteiger partial charge in [0, 0.05) is 31.8 Å². The molecule has 0 bridgehead atoms. The number of anilines is 1. The standard InChI is InChI=1S/C22H29N3O5S/c1-16-12-17(2)15-25(14-16)31(27,28)20-7-4-18(5-8-20)22(26)24-19-6-9-21(23-13-19)30-11-10-29-3/h4-9,13,16-17H,10-12,14-15H2,1-3H3,(H,24,26). The Kier molecular flexibility index (Phi) is 7.64. The second kappa shape index (κ2) is 10.2. The lowest BCUT2D eigenvalue weighted by Crippen LogP contribution is -2.42. The number of carbonyl (C=O) groups excluding carboxylic acids is 1. The van der Waals surface area contributed by atoms with Crippen molar-refractivity contribution in [1.82, 2.24) is 9.29 Å². The van der Waals surface area contributed by atoms with Gasteiger partial charge in [-0.2, -0.15) is 4.31 Å². The van der Waals surface area contributed by atoms with Crippen molar-refractivity contribution >= 4 is 21.6 Å². The molecule has 3 rings (SSSR count). The van der Waals surface area contributed by atoms with E-state index in [1.807, 2.05) is 0 Å². The largest absolute Gasteiger partial charge is 0.475 e. The molecule has 9 heteroatoms. The van der Waals surface area contributed by atoms with Crippen molar-refractivity contribution in [3.05, 3.63) is 48.2 Å². The Morgan fingerprint density at radius 3 is 2.35 bits per heavy atom. The summed E-state index contributed by atoms with van der Waals surface area (Å²) >= 11 is 0. The molecule has 1 saturated heterocycles. The number of pyridine rings is 1. The van der Waals surface area contributed by atoms with E-state index in [1.165, 1.54) is 30.5 Å². The number of piperidine rings is 1. The van der Waals surface area contributed by atoms with Gasteiger partial charge in [0.15, 0.2) is 0 Å².